The standard InChI is InChI=1S/C3H9NO.C2H7N/c1-5-3-2-4;1-2-3/h2-4H2,1H3;2-3H2,1H3. The Kier molecular flexibility index (Phi) is 21.3. The minimum absolute atomic E-state index is 0.622. The van der Waals surface area contributed by atoms with Crippen LogP contribution in [0.1, 0.15) is 6.92 Å². The number of hydrogen-bond acceptors (Lipinski definition) is 3. The van der Waals surface area contributed by atoms with Gasteiger partial charge in [0.25, 0.3) is 0 Å². The molecular weight excluding hydrogens is 104 g/mol. The molecule has 0 rings (SSSR count). The van der Waals surface area contributed by atoms with Gasteiger partial charge in [0.05, 0.1) is 6.61 Å². The van der Waals surface area contributed by atoms with Gasteiger partial charge in [0, 0.05) is 13.7 Å². The zero-order valence-electron chi connectivity index (χ0n) is 5.68. The van der Waals surface area contributed by atoms with Crippen LogP contribution in [0.3, 0.4) is 0 Å². The molecule has 0 aliphatic rings. The van der Waals surface area contributed by atoms with E-state index in [2.05, 4.69) is 4.74 Å². The maximum atomic E-state index is 5.01. The molecule has 0 heterocycles. The first kappa shape index (κ1) is 10.8. The highest BCUT2D eigenvalue weighted by molar-refractivity contribution is 4.22. The highest BCUT2D eigenvalue weighted by atomic mass is 16.5. The molecule has 0 bridgehead atoms. The molecule has 4 N–H and O–H groups in total. The van der Waals surface area contributed by atoms with E-state index in [1.54, 1.807) is 7.11 Å². The second kappa shape index (κ2) is 15.8. The van der Waals surface area contributed by atoms with Gasteiger partial charge in [-0.05, 0) is 6.54 Å². The van der Waals surface area contributed by atoms with E-state index in [9.17, 15) is 0 Å². The molecule has 0 radical (unpaired) electrons. The lowest BCUT2D eigenvalue weighted by Crippen LogP contribution is -2.05. The summed E-state index contributed by atoms with van der Waals surface area (Å²) in [5.41, 5.74) is 9.86. The number of rotatable bonds is 2. The second-order valence-electron chi connectivity index (χ2n) is 1.19. The molecule has 0 fully saturated rings. The first-order valence-corrected chi connectivity index (χ1v) is 2.72. The van der Waals surface area contributed by atoms with Gasteiger partial charge >= 0.3 is 0 Å². The van der Waals surface area contributed by atoms with Crippen LogP contribution in [0, 0.1) is 0 Å². The van der Waals surface area contributed by atoms with E-state index in [0.29, 0.717) is 13.2 Å². The summed E-state index contributed by atoms with van der Waals surface area (Å²) in [5, 5.41) is 0. The second-order valence-corrected chi connectivity index (χ2v) is 1.19. The maximum absolute atomic E-state index is 5.01. The van der Waals surface area contributed by atoms with Gasteiger partial charge in [-0.1, -0.05) is 6.92 Å². The van der Waals surface area contributed by atoms with Crippen LogP contribution in [0.2, 0.25) is 0 Å². The minimum atomic E-state index is 0.622. The summed E-state index contributed by atoms with van der Waals surface area (Å²) in [6, 6.07) is 0. The Morgan fingerprint density at radius 1 is 1.38 bits per heavy atom. The third-order valence-corrected chi connectivity index (χ3v) is 0.322. The van der Waals surface area contributed by atoms with Crippen LogP contribution in [-0.4, -0.2) is 26.8 Å². The van der Waals surface area contributed by atoms with Crippen molar-refractivity contribution in [1.82, 2.24) is 0 Å². The molecular formula is C5H16N2O. The molecule has 0 amide bonds. The smallest absolute Gasteiger partial charge is 0.0584 e. The summed E-state index contributed by atoms with van der Waals surface area (Å²) in [6.45, 7) is 3.94. The van der Waals surface area contributed by atoms with Gasteiger partial charge in [-0.25, -0.2) is 0 Å². The molecule has 3 nitrogen and oxygen atoms in total. The zero-order valence-corrected chi connectivity index (χ0v) is 5.68. The first-order chi connectivity index (χ1) is 3.83. The van der Waals surface area contributed by atoms with Crippen molar-refractivity contribution in [3.05, 3.63) is 0 Å². The van der Waals surface area contributed by atoms with Crippen molar-refractivity contribution in [2.75, 3.05) is 26.8 Å². The summed E-state index contributed by atoms with van der Waals surface area (Å²) in [7, 11) is 1.63. The van der Waals surface area contributed by atoms with E-state index in [1.165, 1.54) is 0 Å². The van der Waals surface area contributed by atoms with Crippen molar-refractivity contribution in [3.63, 3.8) is 0 Å². The summed E-state index contributed by atoms with van der Waals surface area (Å²) in [6.07, 6.45) is 0. The van der Waals surface area contributed by atoms with Crippen LogP contribution in [0.4, 0.5) is 0 Å². The van der Waals surface area contributed by atoms with Crippen molar-refractivity contribution in [3.8, 4) is 0 Å². The monoisotopic (exact) mass is 120 g/mol. The van der Waals surface area contributed by atoms with Crippen molar-refractivity contribution >= 4 is 0 Å². The van der Waals surface area contributed by atoms with Crippen LogP contribution >= 0.6 is 0 Å². The predicted molar refractivity (Wildman–Crippen MR) is 35.7 cm³/mol. The maximum Gasteiger partial charge on any atom is 0.0584 e. The lowest BCUT2D eigenvalue weighted by molar-refractivity contribution is 0.207. The minimum Gasteiger partial charge on any atom is -0.383 e. The molecule has 52 valence electrons. The van der Waals surface area contributed by atoms with Crippen LogP contribution in [0.15, 0.2) is 0 Å². The molecule has 8 heavy (non-hydrogen) atoms. The topological polar surface area (TPSA) is 61.3 Å². The predicted octanol–water partition coefficient (Wildman–Crippen LogP) is -0.443. The molecule has 0 spiro atoms. The highest BCUT2D eigenvalue weighted by Crippen LogP contribution is 1.53. The van der Waals surface area contributed by atoms with E-state index in [4.69, 9.17) is 11.5 Å². The lowest BCUT2D eigenvalue weighted by Gasteiger charge is -1.85. The van der Waals surface area contributed by atoms with E-state index in [1.807, 2.05) is 6.92 Å². The molecule has 0 saturated heterocycles. The van der Waals surface area contributed by atoms with Crippen molar-refractivity contribution in [1.29, 1.82) is 0 Å². The molecule has 0 aliphatic heterocycles. The first-order valence-electron chi connectivity index (χ1n) is 2.72. The van der Waals surface area contributed by atoms with Gasteiger partial charge in [0.1, 0.15) is 0 Å². The Bertz CT molecular complexity index is 24.4. The fourth-order valence-electron chi connectivity index (χ4n) is 0.118. The van der Waals surface area contributed by atoms with Gasteiger partial charge in [0.2, 0.25) is 0 Å². The Morgan fingerprint density at radius 2 is 1.75 bits per heavy atom. The van der Waals surface area contributed by atoms with Crippen molar-refractivity contribution in [2.45, 2.75) is 6.92 Å². The third-order valence-electron chi connectivity index (χ3n) is 0.322. The third kappa shape index (κ3) is 39.6. The Labute approximate surface area is 51.0 Å². The average Bonchev–Trinajstić information content (AvgIpc) is 1.71. The molecule has 0 aliphatic carbocycles. The Balaban J connectivity index is 0. The number of methoxy groups -OCH3 is 1. The Hall–Kier alpha value is -0.120. The number of ether oxygens (including phenoxy) is 1. The lowest BCUT2D eigenvalue weighted by atomic mass is 10.7. The largest absolute Gasteiger partial charge is 0.383 e. The SMILES string of the molecule is CCN.COCCN. The molecule has 0 aromatic rings. The molecule has 0 aromatic carbocycles. The van der Waals surface area contributed by atoms with Gasteiger partial charge in [-0.3, -0.25) is 0 Å². The fourth-order valence-corrected chi connectivity index (χ4v) is 0.118. The van der Waals surface area contributed by atoms with Crippen LogP contribution in [-0.2, 0) is 4.74 Å². The summed E-state index contributed by atoms with van der Waals surface area (Å²) in [5.74, 6) is 0. The van der Waals surface area contributed by atoms with E-state index in [0.717, 1.165) is 6.54 Å². The Morgan fingerprint density at radius 3 is 1.75 bits per heavy atom. The average molecular weight is 120 g/mol. The number of hydrogen-bond donors (Lipinski definition) is 2. The van der Waals surface area contributed by atoms with Crippen LogP contribution in [0.5, 0.6) is 0 Å². The normalized spacial score (nSPS) is 7.50. The molecule has 0 atom stereocenters. The van der Waals surface area contributed by atoms with E-state index >= 15 is 0 Å². The molecule has 0 unspecified atom stereocenters. The van der Waals surface area contributed by atoms with E-state index in [-0.39, 0.29) is 0 Å². The zero-order chi connectivity index (χ0) is 6.83. The molecule has 0 aromatic heterocycles. The van der Waals surface area contributed by atoms with Crippen molar-refractivity contribution in [2.24, 2.45) is 11.5 Å². The quantitative estimate of drug-likeness (QED) is 0.519. The molecule has 0 saturated carbocycles. The summed E-state index contributed by atoms with van der Waals surface area (Å²) < 4.78 is 4.57. The van der Waals surface area contributed by atoms with Crippen LogP contribution < -0.4 is 11.5 Å². The summed E-state index contributed by atoms with van der Waals surface area (Å²) >= 11 is 0. The van der Waals surface area contributed by atoms with E-state index < -0.39 is 0 Å². The summed E-state index contributed by atoms with van der Waals surface area (Å²) in [4.78, 5) is 0. The van der Waals surface area contributed by atoms with Crippen LogP contribution in [0.25, 0.3) is 0 Å². The highest BCUT2D eigenvalue weighted by Gasteiger charge is 1.65. The van der Waals surface area contributed by atoms with Gasteiger partial charge in [-0.2, -0.15) is 0 Å². The molecule has 3 heteroatoms. The van der Waals surface area contributed by atoms with Gasteiger partial charge in [0.15, 0.2) is 0 Å². The number of nitrogens with two attached hydrogens (primary N) is 2. The fraction of sp³-hybridized carbons (Fsp3) is 1.00. The van der Waals surface area contributed by atoms with Gasteiger partial charge in [-0.15, -0.1) is 0 Å². The van der Waals surface area contributed by atoms with Crippen molar-refractivity contribution < 1.29 is 4.74 Å². The van der Waals surface area contributed by atoms with Gasteiger partial charge < -0.3 is 16.2 Å².